The molecule has 1 aliphatic heterocycles. The Labute approximate surface area is 181 Å². The minimum absolute atomic E-state index is 0.135. The standard InChI is InChI=1S/C25H27FN2O3/c1-27(17-18-9-3-2-4-10-18)22(29)15-25(20-13-7-8-14-21(20)26)16-23(30)28(24(25)31)19-11-5-6-12-19/h2-4,7-10,13-14,19H,5-6,11-12,15-17H2,1H3. The first-order valence-corrected chi connectivity index (χ1v) is 10.8. The maximum Gasteiger partial charge on any atom is 0.241 e. The molecular weight excluding hydrogens is 395 g/mol. The lowest BCUT2D eigenvalue weighted by molar-refractivity contribution is -0.144. The largest absolute Gasteiger partial charge is 0.341 e. The summed E-state index contributed by atoms with van der Waals surface area (Å²) in [6.45, 7) is 0.376. The first kappa shape index (κ1) is 21.2. The zero-order chi connectivity index (χ0) is 22.0. The van der Waals surface area contributed by atoms with Crippen molar-refractivity contribution in [3.8, 4) is 0 Å². The number of hydrogen-bond donors (Lipinski definition) is 0. The molecule has 0 aromatic heterocycles. The molecule has 1 saturated heterocycles. The molecule has 0 bridgehead atoms. The van der Waals surface area contributed by atoms with Gasteiger partial charge in [-0.1, -0.05) is 61.4 Å². The SMILES string of the molecule is CN(Cc1ccccc1)C(=O)CC1(c2ccccc2F)CC(=O)N(C2CCCC2)C1=O. The van der Waals surface area contributed by atoms with E-state index in [-0.39, 0.29) is 36.3 Å². The molecule has 0 N–H and O–H groups in total. The van der Waals surface area contributed by atoms with Crippen LogP contribution in [0.3, 0.4) is 0 Å². The second-order valence-corrected chi connectivity index (χ2v) is 8.66. The van der Waals surface area contributed by atoms with Crippen molar-refractivity contribution in [3.05, 3.63) is 71.5 Å². The van der Waals surface area contributed by atoms with E-state index in [1.807, 2.05) is 30.3 Å². The number of imide groups is 1. The van der Waals surface area contributed by atoms with Gasteiger partial charge in [-0.15, -0.1) is 0 Å². The van der Waals surface area contributed by atoms with Crippen LogP contribution in [0.4, 0.5) is 4.39 Å². The Morgan fingerprint density at radius 2 is 1.71 bits per heavy atom. The number of rotatable bonds is 6. The minimum atomic E-state index is -1.49. The van der Waals surface area contributed by atoms with Gasteiger partial charge in [-0.3, -0.25) is 19.3 Å². The molecule has 2 fully saturated rings. The normalized spacial score (nSPS) is 21.7. The number of amides is 3. The third-order valence-corrected chi connectivity index (χ3v) is 6.57. The van der Waals surface area contributed by atoms with Crippen molar-refractivity contribution in [3.63, 3.8) is 0 Å². The number of halogens is 1. The molecule has 6 heteroatoms. The zero-order valence-electron chi connectivity index (χ0n) is 17.7. The second-order valence-electron chi connectivity index (χ2n) is 8.66. The smallest absolute Gasteiger partial charge is 0.241 e. The van der Waals surface area contributed by atoms with Crippen LogP contribution in [0.2, 0.25) is 0 Å². The van der Waals surface area contributed by atoms with Gasteiger partial charge < -0.3 is 4.90 Å². The summed E-state index contributed by atoms with van der Waals surface area (Å²) in [6, 6.07) is 15.4. The fourth-order valence-electron chi connectivity index (χ4n) is 4.93. The summed E-state index contributed by atoms with van der Waals surface area (Å²) in [6.07, 6.45) is 3.07. The van der Waals surface area contributed by atoms with E-state index in [9.17, 15) is 18.8 Å². The minimum Gasteiger partial charge on any atom is -0.341 e. The molecule has 1 unspecified atom stereocenters. The van der Waals surface area contributed by atoms with Crippen LogP contribution in [0.25, 0.3) is 0 Å². The summed E-state index contributed by atoms with van der Waals surface area (Å²) in [5.41, 5.74) is -0.400. The molecule has 1 heterocycles. The third-order valence-electron chi connectivity index (χ3n) is 6.57. The van der Waals surface area contributed by atoms with E-state index < -0.39 is 17.1 Å². The highest BCUT2D eigenvalue weighted by Crippen LogP contribution is 2.43. The van der Waals surface area contributed by atoms with E-state index in [2.05, 4.69) is 0 Å². The summed E-state index contributed by atoms with van der Waals surface area (Å²) in [7, 11) is 1.67. The fourth-order valence-corrected chi connectivity index (χ4v) is 4.93. The van der Waals surface area contributed by atoms with Gasteiger partial charge in [-0.05, 0) is 24.5 Å². The van der Waals surface area contributed by atoms with Crippen LogP contribution in [0.15, 0.2) is 54.6 Å². The number of carbonyl (C=O) groups excluding carboxylic acids is 3. The predicted octanol–water partition coefficient (Wildman–Crippen LogP) is 3.81. The number of likely N-dealkylation sites (tertiary alicyclic amines) is 1. The van der Waals surface area contributed by atoms with Gasteiger partial charge in [0.15, 0.2) is 0 Å². The van der Waals surface area contributed by atoms with Crippen molar-refractivity contribution in [2.75, 3.05) is 7.05 Å². The van der Waals surface area contributed by atoms with Crippen LogP contribution < -0.4 is 0 Å². The third kappa shape index (κ3) is 3.99. The van der Waals surface area contributed by atoms with E-state index in [0.717, 1.165) is 31.2 Å². The Morgan fingerprint density at radius 1 is 1.06 bits per heavy atom. The quantitative estimate of drug-likeness (QED) is 0.665. The first-order chi connectivity index (χ1) is 14.9. The van der Waals surface area contributed by atoms with Gasteiger partial charge in [0, 0.05) is 38.0 Å². The Kier molecular flexibility index (Phi) is 5.90. The molecule has 2 aromatic carbocycles. The van der Waals surface area contributed by atoms with Crippen molar-refractivity contribution < 1.29 is 18.8 Å². The van der Waals surface area contributed by atoms with Crippen LogP contribution in [-0.4, -0.2) is 40.6 Å². The van der Waals surface area contributed by atoms with Gasteiger partial charge in [0.25, 0.3) is 0 Å². The van der Waals surface area contributed by atoms with E-state index in [1.54, 1.807) is 19.2 Å². The van der Waals surface area contributed by atoms with E-state index in [4.69, 9.17) is 0 Å². The summed E-state index contributed by atoms with van der Waals surface area (Å²) >= 11 is 0. The van der Waals surface area contributed by atoms with Crippen LogP contribution >= 0.6 is 0 Å². The summed E-state index contributed by atoms with van der Waals surface area (Å²) in [5, 5.41) is 0. The molecule has 1 atom stereocenters. The summed E-state index contributed by atoms with van der Waals surface area (Å²) < 4.78 is 14.9. The molecule has 0 radical (unpaired) electrons. The van der Waals surface area contributed by atoms with Crippen molar-refractivity contribution in [1.29, 1.82) is 0 Å². The molecule has 5 nitrogen and oxygen atoms in total. The Hall–Kier alpha value is -3.02. The van der Waals surface area contributed by atoms with Gasteiger partial charge in [0.05, 0.1) is 5.41 Å². The first-order valence-electron chi connectivity index (χ1n) is 10.8. The van der Waals surface area contributed by atoms with Gasteiger partial charge in [-0.25, -0.2) is 4.39 Å². The zero-order valence-corrected chi connectivity index (χ0v) is 17.7. The van der Waals surface area contributed by atoms with Crippen molar-refractivity contribution >= 4 is 17.7 Å². The van der Waals surface area contributed by atoms with Crippen molar-refractivity contribution in [2.45, 2.75) is 56.5 Å². The second kappa shape index (κ2) is 8.61. The van der Waals surface area contributed by atoms with E-state index in [0.29, 0.717) is 6.54 Å². The van der Waals surface area contributed by atoms with Crippen LogP contribution in [0, 0.1) is 5.82 Å². The van der Waals surface area contributed by atoms with E-state index in [1.165, 1.54) is 21.9 Å². The Balaban J connectivity index is 1.65. The Bertz CT molecular complexity index is 987. The lowest BCUT2D eigenvalue weighted by Crippen LogP contribution is -2.45. The molecule has 1 aliphatic carbocycles. The summed E-state index contributed by atoms with van der Waals surface area (Å²) in [4.78, 5) is 42.7. The number of carbonyl (C=O) groups is 3. The fraction of sp³-hybridized carbons (Fsp3) is 0.400. The highest BCUT2D eigenvalue weighted by Gasteiger charge is 2.56. The molecule has 3 amide bonds. The maximum absolute atomic E-state index is 14.9. The van der Waals surface area contributed by atoms with Crippen molar-refractivity contribution in [2.24, 2.45) is 0 Å². The molecule has 4 rings (SSSR count). The highest BCUT2D eigenvalue weighted by atomic mass is 19.1. The van der Waals surface area contributed by atoms with Gasteiger partial charge >= 0.3 is 0 Å². The lowest BCUT2D eigenvalue weighted by atomic mass is 9.75. The molecule has 1 saturated carbocycles. The van der Waals surface area contributed by atoms with Gasteiger partial charge in [0.1, 0.15) is 5.82 Å². The van der Waals surface area contributed by atoms with Gasteiger partial charge in [-0.2, -0.15) is 0 Å². The van der Waals surface area contributed by atoms with Crippen LogP contribution in [0.5, 0.6) is 0 Å². The number of benzene rings is 2. The summed E-state index contributed by atoms with van der Waals surface area (Å²) in [5.74, 6) is -1.59. The predicted molar refractivity (Wildman–Crippen MR) is 114 cm³/mol. The van der Waals surface area contributed by atoms with Crippen LogP contribution in [0.1, 0.15) is 49.7 Å². The van der Waals surface area contributed by atoms with Crippen molar-refractivity contribution in [1.82, 2.24) is 9.80 Å². The lowest BCUT2D eigenvalue weighted by Gasteiger charge is -2.31. The van der Waals surface area contributed by atoms with Gasteiger partial charge in [0.2, 0.25) is 17.7 Å². The Morgan fingerprint density at radius 3 is 2.39 bits per heavy atom. The molecule has 0 spiro atoms. The number of nitrogens with zero attached hydrogens (tertiary/aromatic N) is 2. The average molecular weight is 423 g/mol. The van der Waals surface area contributed by atoms with E-state index >= 15 is 0 Å². The van der Waals surface area contributed by atoms with Crippen LogP contribution in [-0.2, 0) is 26.3 Å². The maximum atomic E-state index is 14.9. The highest BCUT2D eigenvalue weighted by molar-refractivity contribution is 6.11. The molecular formula is C25H27FN2O3. The molecule has 2 aromatic rings. The topological polar surface area (TPSA) is 57.7 Å². The number of hydrogen-bond acceptors (Lipinski definition) is 3. The molecule has 31 heavy (non-hydrogen) atoms. The molecule has 2 aliphatic rings. The average Bonchev–Trinajstić information content (AvgIpc) is 3.36. The monoisotopic (exact) mass is 422 g/mol. The molecule has 162 valence electrons.